The minimum absolute atomic E-state index is 0.0112. The maximum Gasteiger partial charge on any atom is 0.163 e. The molecule has 4 atom stereocenters. The average Bonchev–Trinajstić information content (AvgIpc) is 3.00. The lowest BCUT2D eigenvalue weighted by Crippen LogP contribution is -2.30. The number of fused-ring (bicyclic) bond motifs is 1. The van der Waals surface area contributed by atoms with Crippen LogP contribution in [0, 0.1) is 36.5 Å². The van der Waals surface area contributed by atoms with Crippen LogP contribution in [0.2, 0.25) is 0 Å². The summed E-state index contributed by atoms with van der Waals surface area (Å²) in [5, 5.41) is 0. The predicted octanol–water partition coefficient (Wildman–Crippen LogP) is 10.7. The summed E-state index contributed by atoms with van der Waals surface area (Å²) >= 11 is 0. The molecule has 0 aliphatic heterocycles. The molecule has 2 aromatic carbocycles. The zero-order valence-electron chi connectivity index (χ0n) is 31.3. The predicted molar refractivity (Wildman–Crippen MR) is 196 cm³/mol. The van der Waals surface area contributed by atoms with Crippen molar-refractivity contribution in [3.63, 3.8) is 0 Å². The molecule has 2 aromatic rings. The Morgan fingerprint density at radius 2 is 1.53 bits per heavy atom. The topological polar surface area (TPSA) is 68.3 Å². The van der Waals surface area contributed by atoms with Crippen molar-refractivity contribution in [3.05, 3.63) is 69.8 Å². The van der Waals surface area contributed by atoms with E-state index in [0.29, 0.717) is 25.0 Å². The summed E-state index contributed by atoms with van der Waals surface area (Å²) in [7, 11) is 0. The molecule has 0 saturated heterocycles. The van der Waals surface area contributed by atoms with Gasteiger partial charge in [0.15, 0.2) is 5.78 Å². The molecule has 1 aliphatic carbocycles. The van der Waals surface area contributed by atoms with Gasteiger partial charge in [0.2, 0.25) is 0 Å². The first kappa shape index (κ1) is 40.3. The van der Waals surface area contributed by atoms with Gasteiger partial charge in [0.1, 0.15) is 17.3 Å². The Morgan fingerprint density at radius 3 is 2.06 bits per heavy atom. The lowest BCUT2D eigenvalue weighted by Gasteiger charge is -2.33. The van der Waals surface area contributed by atoms with Gasteiger partial charge in [-0.3, -0.25) is 19.2 Å². The minimum atomic E-state index is -0.127. The lowest BCUT2D eigenvalue weighted by atomic mass is 9.70. The Kier molecular flexibility index (Phi) is 17.0. The van der Waals surface area contributed by atoms with Crippen LogP contribution >= 0.6 is 0 Å². The largest absolute Gasteiger partial charge is 0.300 e. The van der Waals surface area contributed by atoms with Gasteiger partial charge in [0.05, 0.1) is 6.42 Å². The SMILES string of the molecule is CCC.CCCC(CC1CC(=O)c2c(C)c(CCC(=O)C(Cc3ccccc3)C(C)C)cc(C(C)C)c2C1)C(CC)C(=O)CC(C)=O. The van der Waals surface area contributed by atoms with Crippen LogP contribution in [0.25, 0.3) is 0 Å². The molecule has 0 heterocycles. The van der Waals surface area contributed by atoms with Gasteiger partial charge in [0.25, 0.3) is 0 Å². The fraction of sp³-hybridized carbons (Fsp3) is 0.628. The van der Waals surface area contributed by atoms with Crippen molar-refractivity contribution in [1.82, 2.24) is 0 Å². The summed E-state index contributed by atoms with van der Waals surface area (Å²) in [6, 6.07) is 12.5. The summed E-state index contributed by atoms with van der Waals surface area (Å²) in [5.74, 6) is 1.24. The Morgan fingerprint density at radius 1 is 0.894 bits per heavy atom. The number of ketones is 4. The van der Waals surface area contributed by atoms with Crippen molar-refractivity contribution in [2.75, 3.05) is 0 Å². The van der Waals surface area contributed by atoms with Crippen molar-refractivity contribution in [2.45, 2.75) is 146 Å². The molecule has 0 saturated carbocycles. The van der Waals surface area contributed by atoms with Crippen molar-refractivity contribution in [2.24, 2.45) is 29.6 Å². The van der Waals surface area contributed by atoms with E-state index >= 15 is 0 Å². The molecule has 47 heavy (non-hydrogen) atoms. The second-order valence-electron chi connectivity index (χ2n) is 14.8. The second kappa shape index (κ2) is 19.8. The molecule has 4 heteroatoms. The minimum Gasteiger partial charge on any atom is -0.300 e. The van der Waals surface area contributed by atoms with E-state index in [1.165, 1.54) is 30.0 Å². The van der Waals surface area contributed by atoms with Gasteiger partial charge in [-0.05, 0) is 97.4 Å². The summed E-state index contributed by atoms with van der Waals surface area (Å²) in [6.45, 7) is 20.6. The van der Waals surface area contributed by atoms with Crippen LogP contribution in [0.5, 0.6) is 0 Å². The molecular weight excluding hydrogens is 580 g/mol. The summed E-state index contributed by atoms with van der Waals surface area (Å²) < 4.78 is 0. The first-order chi connectivity index (χ1) is 22.3. The molecular formula is C43H64O4. The quantitative estimate of drug-likeness (QED) is 0.161. The van der Waals surface area contributed by atoms with Gasteiger partial charge >= 0.3 is 0 Å². The standard InChI is InChI=1S/C40H56O4.C3H8/c1-9-14-32(33(10-2)38(43)19-27(7)41)20-30-22-36-34(25(3)4)24-31(28(8)40(36)39(44)23-30)17-18-37(42)35(26(5)6)21-29-15-12-11-13-16-29;1-3-2/h11-13,15-16,24-26,30,32-33,35H,9-10,14,17-23H2,1-8H3;3H2,1-2H3. The third kappa shape index (κ3) is 11.6. The van der Waals surface area contributed by atoms with Crippen molar-refractivity contribution >= 4 is 23.1 Å². The Labute approximate surface area is 286 Å². The monoisotopic (exact) mass is 644 g/mol. The van der Waals surface area contributed by atoms with Crippen LogP contribution in [0.3, 0.4) is 0 Å². The van der Waals surface area contributed by atoms with Crippen LogP contribution < -0.4 is 0 Å². The average molecular weight is 645 g/mol. The molecule has 0 radical (unpaired) electrons. The van der Waals surface area contributed by atoms with E-state index < -0.39 is 0 Å². The second-order valence-corrected chi connectivity index (χ2v) is 14.8. The summed E-state index contributed by atoms with van der Waals surface area (Å²) in [5.41, 5.74) is 6.64. The maximum atomic E-state index is 13.9. The smallest absolute Gasteiger partial charge is 0.163 e. The number of rotatable bonds is 17. The molecule has 3 rings (SSSR count). The normalized spacial score (nSPS) is 16.3. The number of aryl methyl sites for hydroxylation is 1. The highest BCUT2D eigenvalue weighted by atomic mass is 16.1. The number of Topliss-reactive ketones (excluding diaryl/α,β-unsaturated/α-hetero) is 4. The van der Waals surface area contributed by atoms with Gasteiger partial charge in [0, 0.05) is 30.2 Å². The Balaban J connectivity index is 0.00000246. The number of hydrogen-bond donors (Lipinski definition) is 0. The highest BCUT2D eigenvalue weighted by Crippen LogP contribution is 2.40. The zero-order valence-corrected chi connectivity index (χ0v) is 31.3. The molecule has 0 amide bonds. The number of hydrogen-bond acceptors (Lipinski definition) is 4. The van der Waals surface area contributed by atoms with Gasteiger partial charge < -0.3 is 0 Å². The highest BCUT2D eigenvalue weighted by molar-refractivity contribution is 6.01. The fourth-order valence-corrected chi connectivity index (χ4v) is 7.69. The highest BCUT2D eigenvalue weighted by Gasteiger charge is 2.35. The lowest BCUT2D eigenvalue weighted by molar-refractivity contribution is -0.130. The van der Waals surface area contributed by atoms with E-state index in [2.05, 4.69) is 73.6 Å². The molecule has 0 fully saturated rings. The molecule has 4 unspecified atom stereocenters. The van der Waals surface area contributed by atoms with E-state index in [4.69, 9.17) is 0 Å². The Bertz CT molecular complexity index is 1320. The zero-order chi connectivity index (χ0) is 35.3. The number of benzene rings is 2. The van der Waals surface area contributed by atoms with Crippen LogP contribution in [0.4, 0.5) is 0 Å². The van der Waals surface area contributed by atoms with E-state index in [1.807, 2.05) is 25.1 Å². The molecule has 4 nitrogen and oxygen atoms in total. The molecule has 0 spiro atoms. The van der Waals surface area contributed by atoms with Crippen LogP contribution in [-0.2, 0) is 33.6 Å². The molecule has 0 N–H and O–H groups in total. The van der Waals surface area contributed by atoms with Gasteiger partial charge in [-0.2, -0.15) is 0 Å². The van der Waals surface area contributed by atoms with Crippen LogP contribution in [0.1, 0.15) is 158 Å². The third-order valence-corrected chi connectivity index (χ3v) is 10.0. The molecule has 1 aliphatic rings. The van der Waals surface area contributed by atoms with E-state index in [1.54, 1.807) is 0 Å². The summed E-state index contributed by atoms with van der Waals surface area (Å²) in [6.07, 6.45) is 7.99. The number of carbonyl (C=O) groups is 4. The van der Waals surface area contributed by atoms with Gasteiger partial charge in [-0.15, -0.1) is 0 Å². The Hall–Kier alpha value is -2.88. The van der Waals surface area contributed by atoms with E-state index in [0.717, 1.165) is 55.2 Å². The van der Waals surface area contributed by atoms with E-state index in [9.17, 15) is 19.2 Å². The van der Waals surface area contributed by atoms with Crippen LogP contribution in [0.15, 0.2) is 36.4 Å². The van der Waals surface area contributed by atoms with Crippen molar-refractivity contribution in [3.8, 4) is 0 Å². The van der Waals surface area contributed by atoms with E-state index in [-0.39, 0.29) is 59.3 Å². The fourth-order valence-electron chi connectivity index (χ4n) is 7.69. The molecule has 0 bridgehead atoms. The third-order valence-electron chi connectivity index (χ3n) is 10.0. The summed E-state index contributed by atoms with van der Waals surface area (Å²) in [4.78, 5) is 52.1. The van der Waals surface area contributed by atoms with Gasteiger partial charge in [-0.25, -0.2) is 0 Å². The van der Waals surface area contributed by atoms with Crippen molar-refractivity contribution < 1.29 is 19.2 Å². The first-order valence-electron chi connectivity index (χ1n) is 18.6. The first-order valence-corrected chi connectivity index (χ1v) is 18.6. The molecule has 260 valence electrons. The number of carbonyl (C=O) groups excluding carboxylic acids is 4. The van der Waals surface area contributed by atoms with Gasteiger partial charge in [-0.1, -0.05) is 111 Å². The van der Waals surface area contributed by atoms with Crippen LogP contribution in [-0.4, -0.2) is 23.1 Å². The van der Waals surface area contributed by atoms with Crippen molar-refractivity contribution in [1.29, 1.82) is 0 Å². The molecule has 0 aromatic heterocycles. The maximum absolute atomic E-state index is 13.9.